The second-order valence-corrected chi connectivity index (χ2v) is 6.61. The van der Waals surface area contributed by atoms with Crippen LogP contribution in [-0.2, 0) is 16.0 Å². The van der Waals surface area contributed by atoms with Crippen LogP contribution in [0.4, 0.5) is 11.4 Å². The minimum absolute atomic E-state index is 0.109. The highest BCUT2D eigenvalue weighted by Gasteiger charge is 2.32. The van der Waals surface area contributed by atoms with E-state index in [1.807, 2.05) is 12.1 Å². The number of nitrogens with zero attached hydrogens (tertiary/aromatic N) is 1. The number of nitro benzene ring substituents is 1. The van der Waals surface area contributed by atoms with Gasteiger partial charge in [-0.15, -0.1) is 0 Å². The molecule has 0 heterocycles. The average molecular weight is 388 g/mol. The highest BCUT2D eigenvalue weighted by molar-refractivity contribution is 5.97. The number of anilines is 1. The van der Waals surface area contributed by atoms with Crippen LogP contribution in [0.1, 0.15) is 18.1 Å². The number of nitrogens with one attached hydrogen (secondary N) is 1. The van der Waals surface area contributed by atoms with E-state index in [9.17, 15) is 20.0 Å². The molecule has 0 saturated heterocycles. The molecule has 0 aliphatic rings. The number of rotatable bonds is 9. The van der Waals surface area contributed by atoms with Crippen molar-refractivity contribution in [1.29, 1.82) is 0 Å². The number of ether oxygens (including phenoxy) is 2. The van der Waals surface area contributed by atoms with E-state index in [-0.39, 0.29) is 18.0 Å². The Bertz CT molecular complexity index is 833. The van der Waals surface area contributed by atoms with E-state index in [1.165, 1.54) is 32.0 Å². The molecule has 2 aromatic carbocycles. The van der Waals surface area contributed by atoms with Gasteiger partial charge >= 0.3 is 0 Å². The summed E-state index contributed by atoms with van der Waals surface area (Å²) in [6, 6.07) is 11.6. The molecule has 2 N–H and O–H groups in total. The Kier molecular flexibility index (Phi) is 7.08. The summed E-state index contributed by atoms with van der Waals surface area (Å²) in [6.45, 7) is 3.20. The maximum atomic E-state index is 12.4. The van der Waals surface area contributed by atoms with Gasteiger partial charge in [-0.1, -0.05) is 18.2 Å². The molecule has 0 saturated carbocycles. The molecule has 8 heteroatoms. The Balaban J connectivity index is 1.99. The van der Waals surface area contributed by atoms with Crippen LogP contribution >= 0.6 is 0 Å². The standard InChI is InChI=1S/C20H24N2O6/c1-14-17(5-4-6-18(14)22(25)26)21-19(23)20(2,24)13-28-16-9-7-15(8-10-16)11-12-27-3/h4-10,24H,11-13H2,1-3H3,(H,21,23). The van der Waals surface area contributed by atoms with E-state index in [0.717, 1.165) is 12.0 Å². The zero-order valence-electron chi connectivity index (χ0n) is 16.1. The lowest BCUT2D eigenvalue weighted by molar-refractivity contribution is -0.385. The van der Waals surface area contributed by atoms with Crippen molar-refractivity contribution < 1.29 is 24.3 Å². The average Bonchev–Trinajstić information content (AvgIpc) is 2.67. The fraction of sp³-hybridized carbons (Fsp3) is 0.350. The molecule has 1 atom stereocenters. The van der Waals surface area contributed by atoms with Crippen molar-refractivity contribution in [3.63, 3.8) is 0 Å². The zero-order chi connectivity index (χ0) is 20.7. The Morgan fingerprint density at radius 3 is 2.54 bits per heavy atom. The minimum atomic E-state index is -1.83. The number of hydrogen-bond donors (Lipinski definition) is 2. The molecular weight excluding hydrogens is 364 g/mol. The fourth-order valence-corrected chi connectivity index (χ4v) is 2.48. The first-order valence-corrected chi connectivity index (χ1v) is 8.73. The van der Waals surface area contributed by atoms with Crippen molar-refractivity contribution in [3.8, 4) is 5.75 Å². The smallest absolute Gasteiger partial charge is 0.274 e. The molecule has 0 spiro atoms. The van der Waals surface area contributed by atoms with Crippen molar-refractivity contribution in [3.05, 3.63) is 63.7 Å². The summed E-state index contributed by atoms with van der Waals surface area (Å²) in [5, 5.41) is 24.0. The maximum Gasteiger partial charge on any atom is 0.274 e. The summed E-state index contributed by atoms with van der Waals surface area (Å²) < 4.78 is 10.6. The molecule has 0 aromatic heterocycles. The second-order valence-electron chi connectivity index (χ2n) is 6.61. The molecule has 8 nitrogen and oxygen atoms in total. The first-order valence-electron chi connectivity index (χ1n) is 8.73. The molecule has 2 rings (SSSR count). The number of carbonyl (C=O) groups is 1. The lowest BCUT2D eigenvalue weighted by Gasteiger charge is -2.23. The van der Waals surface area contributed by atoms with E-state index in [4.69, 9.17) is 9.47 Å². The second kappa shape index (κ2) is 9.29. The number of methoxy groups -OCH3 is 1. The van der Waals surface area contributed by atoms with Crippen molar-refractivity contribution >= 4 is 17.3 Å². The summed E-state index contributed by atoms with van der Waals surface area (Å²) in [7, 11) is 1.64. The number of nitro groups is 1. The number of aliphatic hydroxyl groups is 1. The van der Waals surface area contributed by atoms with E-state index >= 15 is 0 Å². The van der Waals surface area contributed by atoms with Crippen LogP contribution in [-0.4, -0.2) is 41.9 Å². The third-order valence-corrected chi connectivity index (χ3v) is 4.28. The van der Waals surface area contributed by atoms with Crippen molar-refractivity contribution in [2.45, 2.75) is 25.9 Å². The Labute approximate surface area is 163 Å². The number of amides is 1. The monoisotopic (exact) mass is 388 g/mol. The lowest BCUT2D eigenvalue weighted by atomic mass is 10.1. The normalized spacial score (nSPS) is 12.9. The summed E-state index contributed by atoms with van der Waals surface area (Å²) in [5.74, 6) is -0.200. The van der Waals surface area contributed by atoms with Gasteiger partial charge in [0.25, 0.3) is 11.6 Å². The minimum Gasteiger partial charge on any atom is -0.490 e. The quantitative estimate of drug-likeness (QED) is 0.505. The highest BCUT2D eigenvalue weighted by atomic mass is 16.6. The van der Waals surface area contributed by atoms with Crippen LogP contribution < -0.4 is 10.1 Å². The SMILES string of the molecule is COCCc1ccc(OCC(C)(O)C(=O)Nc2cccc([N+](=O)[O-])c2C)cc1. The Hall–Kier alpha value is -2.97. The molecule has 150 valence electrons. The molecule has 28 heavy (non-hydrogen) atoms. The Morgan fingerprint density at radius 2 is 1.93 bits per heavy atom. The third kappa shape index (κ3) is 5.51. The summed E-state index contributed by atoms with van der Waals surface area (Å²) in [5.41, 5.74) is -0.278. The lowest BCUT2D eigenvalue weighted by Crippen LogP contribution is -2.45. The van der Waals surface area contributed by atoms with Crippen LogP contribution in [0.25, 0.3) is 0 Å². The molecule has 2 aromatic rings. The fourth-order valence-electron chi connectivity index (χ4n) is 2.48. The molecule has 1 amide bonds. The first kappa shape index (κ1) is 21.3. The zero-order valence-corrected chi connectivity index (χ0v) is 16.1. The summed E-state index contributed by atoms with van der Waals surface area (Å²) in [4.78, 5) is 22.9. The van der Waals surface area contributed by atoms with Crippen molar-refractivity contribution in [2.75, 3.05) is 25.6 Å². The number of benzene rings is 2. The number of hydrogen-bond acceptors (Lipinski definition) is 6. The Morgan fingerprint density at radius 1 is 1.25 bits per heavy atom. The highest BCUT2D eigenvalue weighted by Crippen LogP contribution is 2.26. The summed E-state index contributed by atoms with van der Waals surface area (Å²) in [6.07, 6.45) is 0.777. The third-order valence-electron chi connectivity index (χ3n) is 4.28. The van der Waals surface area contributed by atoms with Gasteiger partial charge in [-0.3, -0.25) is 14.9 Å². The largest absolute Gasteiger partial charge is 0.490 e. The van der Waals surface area contributed by atoms with Gasteiger partial charge in [-0.2, -0.15) is 0 Å². The van der Waals surface area contributed by atoms with Gasteiger partial charge in [-0.25, -0.2) is 0 Å². The van der Waals surface area contributed by atoms with Crippen LogP contribution in [0, 0.1) is 17.0 Å². The van der Waals surface area contributed by atoms with E-state index in [2.05, 4.69) is 5.32 Å². The number of carbonyl (C=O) groups excluding carboxylic acids is 1. The van der Waals surface area contributed by atoms with E-state index in [1.54, 1.807) is 19.2 Å². The van der Waals surface area contributed by atoms with Gasteiger partial charge in [0.15, 0.2) is 5.60 Å². The molecule has 0 aliphatic carbocycles. The van der Waals surface area contributed by atoms with Crippen LogP contribution in [0.2, 0.25) is 0 Å². The van der Waals surface area contributed by atoms with E-state index < -0.39 is 16.4 Å². The predicted octanol–water partition coefficient (Wildman–Crippen LogP) is 2.86. The topological polar surface area (TPSA) is 111 Å². The summed E-state index contributed by atoms with van der Waals surface area (Å²) >= 11 is 0. The molecule has 0 aliphatic heterocycles. The van der Waals surface area contributed by atoms with Crippen molar-refractivity contribution in [2.24, 2.45) is 0 Å². The van der Waals surface area contributed by atoms with Gasteiger partial charge in [0.05, 0.1) is 22.8 Å². The van der Waals surface area contributed by atoms with Crippen LogP contribution in [0.15, 0.2) is 42.5 Å². The van der Waals surface area contributed by atoms with Gasteiger partial charge in [0, 0.05) is 13.2 Å². The first-order chi connectivity index (χ1) is 13.2. The molecule has 0 fully saturated rings. The molecule has 1 unspecified atom stereocenters. The van der Waals surface area contributed by atoms with Crippen LogP contribution in [0.5, 0.6) is 5.75 Å². The molecule has 0 bridgehead atoms. The molecule has 0 radical (unpaired) electrons. The van der Waals surface area contributed by atoms with Gasteiger partial charge < -0.3 is 19.9 Å². The molecular formula is C20H24N2O6. The van der Waals surface area contributed by atoms with Crippen molar-refractivity contribution in [1.82, 2.24) is 0 Å². The predicted molar refractivity (Wildman–Crippen MR) is 105 cm³/mol. The maximum absolute atomic E-state index is 12.4. The van der Waals surface area contributed by atoms with Gasteiger partial charge in [0.2, 0.25) is 0 Å². The van der Waals surface area contributed by atoms with Crippen LogP contribution in [0.3, 0.4) is 0 Å². The van der Waals surface area contributed by atoms with Gasteiger partial charge in [0.1, 0.15) is 12.4 Å². The van der Waals surface area contributed by atoms with E-state index in [0.29, 0.717) is 17.9 Å². The van der Waals surface area contributed by atoms with Gasteiger partial charge in [-0.05, 0) is 44.0 Å².